The third-order valence-corrected chi connectivity index (χ3v) is 6.14. The zero-order valence-corrected chi connectivity index (χ0v) is 18.0. The third kappa shape index (κ3) is 4.49. The number of anilines is 1. The molecule has 4 rings (SSSR count). The summed E-state index contributed by atoms with van der Waals surface area (Å²) in [6, 6.07) is 11.4. The zero-order chi connectivity index (χ0) is 21.1. The number of H-pyrrole nitrogens is 1. The fourth-order valence-corrected chi connectivity index (χ4v) is 4.68. The van der Waals surface area contributed by atoms with E-state index >= 15 is 0 Å². The first-order valence-corrected chi connectivity index (χ1v) is 11.0. The van der Waals surface area contributed by atoms with E-state index in [1.165, 1.54) is 11.3 Å². The zero-order valence-electron chi connectivity index (χ0n) is 17.1. The highest BCUT2D eigenvalue weighted by molar-refractivity contribution is 7.19. The van der Waals surface area contributed by atoms with Gasteiger partial charge in [-0.3, -0.25) is 14.5 Å². The van der Waals surface area contributed by atoms with Crippen LogP contribution in [-0.4, -0.2) is 45.6 Å². The van der Waals surface area contributed by atoms with Crippen LogP contribution in [0.5, 0.6) is 0 Å². The van der Waals surface area contributed by atoms with Crippen molar-refractivity contribution in [3.8, 4) is 21.8 Å². The fraction of sp³-hybridized carbons (Fsp3) is 0.364. The average Bonchev–Trinajstić information content (AvgIpc) is 3.38. The number of amides is 1. The monoisotopic (exact) mass is 423 g/mol. The standard InChI is InChI=1S/C22H25N5O2S/c1-14(2)16-12-17(28)25-26-20(16)21-19(15-8-4-3-5-9-15)24-22(30-21)23-18(29)13-27-10-6-7-11-27/h3-5,8-9,12,14H,6-7,10-11,13H2,1-2H3,(H,25,28)(H,23,24,29). The lowest BCUT2D eigenvalue weighted by molar-refractivity contribution is -0.117. The van der Waals surface area contributed by atoms with Crippen molar-refractivity contribution in [1.29, 1.82) is 0 Å². The molecule has 0 saturated carbocycles. The summed E-state index contributed by atoms with van der Waals surface area (Å²) in [5.74, 6) is 0.0593. The lowest BCUT2D eigenvalue weighted by Gasteiger charge is -2.12. The molecule has 1 fully saturated rings. The van der Waals surface area contributed by atoms with E-state index in [9.17, 15) is 9.59 Å². The number of benzene rings is 1. The number of nitrogens with one attached hydrogen (secondary N) is 2. The van der Waals surface area contributed by atoms with Crippen LogP contribution in [0.1, 0.15) is 38.2 Å². The SMILES string of the molecule is CC(C)c1cc(=O)[nH]nc1-c1sc(NC(=O)CN2CCCC2)nc1-c1ccccc1. The Bertz CT molecular complexity index is 1080. The molecule has 3 heterocycles. The van der Waals surface area contributed by atoms with Crippen molar-refractivity contribution in [3.63, 3.8) is 0 Å². The molecule has 0 bridgehead atoms. The smallest absolute Gasteiger partial charge is 0.264 e. The first kappa shape index (κ1) is 20.4. The Morgan fingerprint density at radius 1 is 1.20 bits per heavy atom. The van der Waals surface area contributed by atoms with Crippen molar-refractivity contribution in [2.24, 2.45) is 0 Å². The van der Waals surface area contributed by atoms with Crippen molar-refractivity contribution < 1.29 is 4.79 Å². The molecule has 1 aromatic carbocycles. The third-order valence-electron chi connectivity index (χ3n) is 5.16. The predicted octanol–water partition coefficient (Wildman–Crippen LogP) is 3.72. The molecule has 30 heavy (non-hydrogen) atoms. The second-order valence-corrected chi connectivity index (χ2v) is 8.78. The second-order valence-electron chi connectivity index (χ2n) is 7.79. The highest BCUT2D eigenvalue weighted by Crippen LogP contribution is 2.40. The van der Waals surface area contributed by atoms with E-state index in [2.05, 4.69) is 20.4 Å². The maximum atomic E-state index is 12.5. The first-order chi connectivity index (χ1) is 14.5. The molecule has 1 amide bonds. The van der Waals surface area contributed by atoms with Gasteiger partial charge in [0.2, 0.25) is 5.91 Å². The van der Waals surface area contributed by atoms with Crippen LogP contribution in [-0.2, 0) is 4.79 Å². The molecule has 1 saturated heterocycles. The maximum absolute atomic E-state index is 12.5. The minimum absolute atomic E-state index is 0.0599. The Morgan fingerprint density at radius 3 is 2.63 bits per heavy atom. The molecule has 2 N–H and O–H groups in total. The van der Waals surface area contributed by atoms with Crippen LogP contribution in [0.4, 0.5) is 5.13 Å². The van der Waals surface area contributed by atoms with Crippen LogP contribution in [0.25, 0.3) is 21.8 Å². The number of aromatic nitrogens is 3. The Balaban J connectivity index is 1.72. The minimum Gasteiger partial charge on any atom is -0.301 e. The van der Waals surface area contributed by atoms with E-state index in [1.54, 1.807) is 6.07 Å². The van der Waals surface area contributed by atoms with E-state index in [1.807, 2.05) is 44.2 Å². The number of likely N-dealkylation sites (tertiary alicyclic amines) is 1. The molecule has 0 radical (unpaired) electrons. The summed E-state index contributed by atoms with van der Waals surface area (Å²) in [5.41, 5.74) is 3.01. The normalized spacial score (nSPS) is 14.4. The number of carbonyl (C=O) groups excluding carboxylic acids is 1. The number of aromatic amines is 1. The molecule has 7 nitrogen and oxygen atoms in total. The van der Waals surface area contributed by atoms with Crippen LogP contribution < -0.4 is 10.9 Å². The molecule has 1 aliphatic heterocycles. The van der Waals surface area contributed by atoms with Gasteiger partial charge in [-0.2, -0.15) is 5.10 Å². The van der Waals surface area contributed by atoms with Crippen molar-refractivity contribution >= 4 is 22.4 Å². The largest absolute Gasteiger partial charge is 0.301 e. The van der Waals surface area contributed by atoms with Crippen molar-refractivity contribution in [2.45, 2.75) is 32.6 Å². The predicted molar refractivity (Wildman–Crippen MR) is 120 cm³/mol. The van der Waals surface area contributed by atoms with Gasteiger partial charge in [0.25, 0.3) is 5.56 Å². The molecule has 156 valence electrons. The summed E-state index contributed by atoms with van der Waals surface area (Å²) in [5, 5.41) is 10.4. The highest BCUT2D eigenvalue weighted by Gasteiger charge is 2.22. The van der Waals surface area contributed by atoms with Gasteiger partial charge in [-0.05, 0) is 37.4 Å². The molecule has 0 unspecified atom stereocenters. The molecule has 3 aromatic rings. The highest BCUT2D eigenvalue weighted by atomic mass is 32.1. The lowest BCUT2D eigenvalue weighted by atomic mass is 10.00. The molecular weight excluding hydrogens is 398 g/mol. The van der Waals surface area contributed by atoms with Crippen molar-refractivity contribution in [1.82, 2.24) is 20.1 Å². The molecule has 8 heteroatoms. The van der Waals surface area contributed by atoms with Gasteiger partial charge in [-0.1, -0.05) is 55.5 Å². The van der Waals surface area contributed by atoms with E-state index in [4.69, 9.17) is 4.98 Å². The van der Waals surface area contributed by atoms with Gasteiger partial charge >= 0.3 is 0 Å². The summed E-state index contributed by atoms with van der Waals surface area (Å²) in [7, 11) is 0. The Morgan fingerprint density at radius 2 is 1.93 bits per heavy atom. The van der Waals surface area contributed by atoms with E-state index in [-0.39, 0.29) is 17.4 Å². The molecule has 1 aliphatic rings. The van der Waals surface area contributed by atoms with E-state index in [0.717, 1.165) is 47.6 Å². The van der Waals surface area contributed by atoms with Gasteiger partial charge in [0.05, 0.1) is 17.1 Å². The molecule has 0 spiro atoms. The topological polar surface area (TPSA) is 91.0 Å². The summed E-state index contributed by atoms with van der Waals surface area (Å²) >= 11 is 1.38. The fourth-order valence-electron chi connectivity index (χ4n) is 3.67. The number of thiazole rings is 1. The summed E-state index contributed by atoms with van der Waals surface area (Å²) in [6.45, 7) is 6.36. The van der Waals surface area contributed by atoms with Crippen LogP contribution in [0.15, 0.2) is 41.2 Å². The van der Waals surface area contributed by atoms with Crippen LogP contribution in [0.3, 0.4) is 0 Å². The minimum atomic E-state index is -0.229. The Hall–Kier alpha value is -2.84. The molecule has 0 atom stereocenters. The van der Waals surface area contributed by atoms with Gasteiger partial charge < -0.3 is 5.32 Å². The van der Waals surface area contributed by atoms with E-state index in [0.29, 0.717) is 17.4 Å². The Labute approximate surface area is 179 Å². The van der Waals surface area contributed by atoms with Gasteiger partial charge in [0.1, 0.15) is 5.69 Å². The van der Waals surface area contributed by atoms with Crippen LogP contribution >= 0.6 is 11.3 Å². The van der Waals surface area contributed by atoms with Gasteiger partial charge in [-0.25, -0.2) is 10.1 Å². The molecule has 2 aromatic heterocycles. The lowest BCUT2D eigenvalue weighted by Crippen LogP contribution is -2.30. The van der Waals surface area contributed by atoms with E-state index < -0.39 is 0 Å². The van der Waals surface area contributed by atoms with Gasteiger partial charge in [0, 0.05) is 11.6 Å². The first-order valence-electron chi connectivity index (χ1n) is 10.2. The quantitative estimate of drug-likeness (QED) is 0.631. The average molecular weight is 424 g/mol. The molecule has 0 aliphatic carbocycles. The summed E-state index contributed by atoms with van der Waals surface area (Å²) < 4.78 is 0. The maximum Gasteiger partial charge on any atom is 0.264 e. The Kier molecular flexibility index (Phi) is 6.06. The summed E-state index contributed by atoms with van der Waals surface area (Å²) in [4.78, 5) is 32.1. The number of hydrogen-bond donors (Lipinski definition) is 2. The number of nitrogens with zero attached hydrogens (tertiary/aromatic N) is 3. The van der Waals surface area contributed by atoms with Crippen LogP contribution in [0, 0.1) is 0 Å². The second kappa shape index (κ2) is 8.89. The van der Waals surface area contributed by atoms with Gasteiger partial charge in [0.15, 0.2) is 5.13 Å². The number of carbonyl (C=O) groups is 1. The van der Waals surface area contributed by atoms with Gasteiger partial charge in [-0.15, -0.1) is 0 Å². The summed E-state index contributed by atoms with van der Waals surface area (Å²) in [6.07, 6.45) is 2.28. The number of rotatable bonds is 6. The number of hydrogen-bond acceptors (Lipinski definition) is 6. The van der Waals surface area contributed by atoms with Crippen molar-refractivity contribution in [3.05, 3.63) is 52.3 Å². The molecular formula is C22H25N5O2S. The van der Waals surface area contributed by atoms with Crippen LogP contribution in [0.2, 0.25) is 0 Å². The van der Waals surface area contributed by atoms with Crippen molar-refractivity contribution in [2.75, 3.05) is 25.0 Å².